The van der Waals surface area contributed by atoms with Gasteiger partial charge < -0.3 is 5.73 Å². The monoisotopic (exact) mass is 347 g/mol. The van der Waals surface area contributed by atoms with Crippen molar-refractivity contribution in [3.05, 3.63) is 39.6 Å². The van der Waals surface area contributed by atoms with Crippen molar-refractivity contribution in [1.82, 2.24) is 10.2 Å². The van der Waals surface area contributed by atoms with Gasteiger partial charge in [0.15, 0.2) is 4.34 Å². The van der Waals surface area contributed by atoms with Crippen LogP contribution in [0.15, 0.2) is 32.5 Å². The first kappa shape index (κ1) is 13.4. The van der Waals surface area contributed by atoms with Crippen molar-refractivity contribution in [3.63, 3.8) is 0 Å². The molecule has 0 fully saturated rings. The van der Waals surface area contributed by atoms with E-state index in [1.807, 2.05) is 0 Å². The third kappa shape index (κ3) is 3.06. The fraction of sp³-hybridized carbons (Fsp3) is 0.100. The molecule has 0 saturated heterocycles. The van der Waals surface area contributed by atoms with E-state index in [0.29, 0.717) is 8.81 Å². The van der Waals surface area contributed by atoms with Crippen molar-refractivity contribution in [2.24, 2.45) is 5.73 Å². The van der Waals surface area contributed by atoms with Crippen molar-refractivity contribution in [2.45, 2.75) is 9.59 Å². The number of aromatic nitrogens is 2. The molecule has 1 aromatic carbocycles. The second kappa shape index (κ2) is 5.77. The molecule has 0 radical (unpaired) electrons. The van der Waals surface area contributed by atoms with E-state index in [-0.39, 0.29) is 5.56 Å². The summed E-state index contributed by atoms with van der Waals surface area (Å²) in [4.78, 5) is 11.4. The van der Waals surface area contributed by atoms with Gasteiger partial charge in [-0.25, -0.2) is 4.39 Å². The molecule has 0 saturated carbocycles. The molecular formula is C10H7BrFN3OS2. The Hall–Kier alpha value is -0.990. The number of nitrogens with two attached hydrogens (primary N) is 1. The topological polar surface area (TPSA) is 68.9 Å². The van der Waals surface area contributed by atoms with Crippen molar-refractivity contribution in [3.8, 4) is 0 Å². The molecule has 2 rings (SSSR count). The van der Waals surface area contributed by atoms with Gasteiger partial charge in [0.05, 0.1) is 0 Å². The van der Waals surface area contributed by atoms with Gasteiger partial charge in [-0.15, -0.1) is 10.2 Å². The number of thioether (sulfide) groups is 1. The normalized spacial score (nSPS) is 12.3. The number of hydrogen-bond donors (Lipinski definition) is 1. The van der Waals surface area contributed by atoms with Crippen LogP contribution in [0.3, 0.4) is 0 Å². The molecule has 1 heterocycles. The molecule has 0 spiro atoms. The predicted molar refractivity (Wildman–Crippen MR) is 71.8 cm³/mol. The summed E-state index contributed by atoms with van der Waals surface area (Å²) in [7, 11) is 0. The number of halogens is 2. The van der Waals surface area contributed by atoms with E-state index in [2.05, 4.69) is 26.1 Å². The second-order valence-corrected chi connectivity index (χ2v) is 6.37. The molecular weight excluding hydrogens is 341 g/mol. The first-order valence-electron chi connectivity index (χ1n) is 4.75. The van der Waals surface area contributed by atoms with Gasteiger partial charge in [0.1, 0.15) is 16.6 Å². The Balaban J connectivity index is 2.32. The molecule has 0 aliphatic rings. The standard InChI is InChI=1S/C10H7BrFN3OS2/c11-5-1-2-6(7(12)3-5)8(9(13)16)18-10-15-14-4-17-10/h1-4,8H,(H2,13,16)/t8-/m1/s1. The van der Waals surface area contributed by atoms with Crippen molar-refractivity contribution >= 4 is 44.9 Å². The van der Waals surface area contributed by atoms with Crippen LogP contribution >= 0.6 is 39.0 Å². The van der Waals surface area contributed by atoms with E-state index in [9.17, 15) is 9.18 Å². The molecule has 1 atom stereocenters. The Bertz CT molecular complexity index is 564. The highest BCUT2D eigenvalue weighted by Crippen LogP contribution is 2.37. The Morgan fingerprint density at radius 2 is 2.33 bits per heavy atom. The summed E-state index contributed by atoms with van der Waals surface area (Å²) in [6.07, 6.45) is 0. The van der Waals surface area contributed by atoms with Crippen LogP contribution in [0.2, 0.25) is 0 Å². The molecule has 0 bridgehead atoms. The smallest absolute Gasteiger partial charge is 0.235 e. The predicted octanol–water partition coefficient (Wildman–Crippen LogP) is 2.76. The third-order valence-corrected chi connectivity index (χ3v) is 4.62. The zero-order valence-corrected chi connectivity index (χ0v) is 12.1. The number of rotatable bonds is 4. The fourth-order valence-electron chi connectivity index (χ4n) is 1.30. The minimum Gasteiger partial charge on any atom is -0.368 e. The molecule has 2 N–H and O–H groups in total. The lowest BCUT2D eigenvalue weighted by Crippen LogP contribution is -2.19. The first-order valence-corrected chi connectivity index (χ1v) is 7.30. The van der Waals surface area contributed by atoms with Crippen molar-refractivity contribution in [2.75, 3.05) is 0 Å². The average molecular weight is 348 g/mol. The number of benzene rings is 1. The molecule has 1 aromatic heterocycles. The fourth-order valence-corrected chi connectivity index (χ4v) is 3.29. The lowest BCUT2D eigenvalue weighted by Gasteiger charge is -2.12. The lowest BCUT2D eigenvalue weighted by atomic mass is 10.1. The Morgan fingerprint density at radius 1 is 1.56 bits per heavy atom. The highest BCUT2D eigenvalue weighted by Gasteiger charge is 2.24. The van der Waals surface area contributed by atoms with Crippen molar-refractivity contribution < 1.29 is 9.18 Å². The summed E-state index contributed by atoms with van der Waals surface area (Å²) in [5.41, 5.74) is 7.09. The van der Waals surface area contributed by atoms with E-state index >= 15 is 0 Å². The largest absolute Gasteiger partial charge is 0.368 e. The number of carbonyl (C=O) groups excluding carboxylic acids is 1. The van der Waals surface area contributed by atoms with Gasteiger partial charge in [0.25, 0.3) is 0 Å². The average Bonchev–Trinajstić information content (AvgIpc) is 2.79. The minimum atomic E-state index is -0.814. The number of amides is 1. The van der Waals surface area contributed by atoms with Gasteiger partial charge in [-0.05, 0) is 12.1 Å². The van der Waals surface area contributed by atoms with Crippen LogP contribution < -0.4 is 5.73 Å². The molecule has 18 heavy (non-hydrogen) atoms. The van der Waals surface area contributed by atoms with E-state index in [1.165, 1.54) is 23.5 Å². The van der Waals surface area contributed by atoms with Crippen LogP contribution in [-0.4, -0.2) is 16.1 Å². The summed E-state index contributed by atoms with van der Waals surface area (Å²) in [5, 5.41) is 6.65. The van der Waals surface area contributed by atoms with Crippen LogP contribution in [0.1, 0.15) is 10.8 Å². The SMILES string of the molecule is NC(=O)[C@H](Sc1nncs1)c1ccc(Br)cc1F. The van der Waals surface area contributed by atoms with Gasteiger partial charge >= 0.3 is 0 Å². The second-order valence-electron chi connectivity index (χ2n) is 3.27. The maximum atomic E-state index is 13.8. The van der Waals surface area contributed by atoms with Gasteiger partial charge in [-0.2, -0.15) is 0 Å². The zero-order valence-electron chi connectivity index (χ0n) is 8.84. The quantitative estimate of drug-likeness (QED) is 0.863. The van der Waals surface area contributed by atoms with Crippen molar-refractivity contribution in [1.29, 1.82) is 0 Å². The van der Waals surface area contributed by atoms with Gasteiger partial charge in [-0.3, -0.25) is 4.79 Å². The number of carbonyl (C=O) groups is 1. The summed E-state index contributed by atoms with van der Waals surface area (Å²) >= 11 is 5.53. The molecule has 2 aromatic rings. The minimum absolute atomic E-state index is 0.242. The van der Waals surface area contributed by atoms with Crippen LogP contribution in [0.25, 0.3) is 0 Å². The van der Waals surface area contributed by atoms with Gasteiger partial charge in [0.2, 0.25) is 5.91 Å². The molecule has 4 nitrogen and oxygen atoms in total. The molecule has 94 valence electrons. The highest BCUT2D eigenvalue weighted by molar-refractivity contribution is 9.10. The van der Waals surface area contributed by atoms with Crippen LogP contribution in [0.5, 0.6) is 0 Å². The zero-order chi connectivity index (χ0) is 13.1. The van der Waals surface area contributed by atoms with Gasteiger partial charge in [0, 0.05) is 10.0 Å². The maximum Gasteiger partial charge on any atom is 0.235 e. The molecule has 0 aliphatic heterocycles. The Morgan fingerprint density at radius 3 is 2.89 bits per heavy atom. The molecule has 0 aliphatic carbocycles. The van der Waals surface area contributed by atoms with E-state index in [1.54, 1.807) is 11.6 Å². The number of primary amides is 1. The van der Waals surface area contributed by atoms with E-state index in [0.717, 1.165) is 11.8 Å². The maximum absolute atomic E-state index is 13.8. The number of nitrogens with zero attached hydrogens (tertiary/aromatic N) is 2. The highest BCUT2D eigenvalue weighted by atomic mass is 79.9. The molecule has 0 unspecified atom stereocenters. The molecule has 8 heteroatoms. The number of hydrogen-bond acceptors (Lipinski definition) is 5. The van der Waals surface area contributed by atoms with Gasteiger partial charge in [-0.1, -0.05) is 45.1 Å². The summed E-state index contributed by atoms with van der Waals surface area (Å²) < 4.78 is 15.0. The van der Waals surface area contributed by atoms with E-state index in [4.69, 9.17) is 5.73 Å². The molecule has 1 amide bonds. The summed E-state index contributed by atoms with van der Waals surface area (Å²) in [6.45, 7) is 0. The lowest BCUT2D eigenvalue weighted by molar-refractivity contribution is -0.117. The summed E-state index contributed by atoms with van der Waals surface area (Å²) in [6, 6.07) is 4.49. The van der Waals surface area contributed by atoms with E-state index < -0.39 is 17.0 Å². The summed E-state index contributed by atoms with van der Waals surface area (Å²) in [5.74, 6) is -1.10. The van der Waals surface area contributed by atoms with Crippen LogP contribution in [-0.2, 0) is 4.79 Å². The van der Waals surface area contributed by atoms with Crippen LogP contribution in [0.4, 0.5) is 4.39 Å². The Kier molecular flexibility index (Phi) is 4.31. The third-order valence-electron chi connectivity index (χ3n) is 2.06. The van der Waals surface area contributed by atoms with Crippen LogP contribution in [0, 0.1) is 5.82 Å². The first-order chi connectivity index (χ1) is 8.58. The Labute approximate surface area is 119 Å².